The summed E-state index contributed by atoms with van der Waals surface area (Å²) in [5.41, 5.74) is 7.81. The maximum atomic E-state index is 5.79. The lowest BCUT2D eigenvalue weighted by molar-refractivity contribution is 0.941. The summed E-state index contributed by atoms with van der Waals surface area (Å²) in [4.78, 5) is 3.97. The molecule has 1 rings (SSSR count). The van der Waals surface area contributed by atoms with Crippen molar-refractivity contribution < 1.29 is 0 Å². The lowest BCUT2D eigenvalue weighted by atomic mass is 10.1. The Morgan fingerprint density at radius 2 is 2.38 bits per heavy atom. The first kappa shape index (κ1) is 10.1. The van der Waals surface area contributed by atoms with Crippen LogP contribution in [0.3, 0.4) is 0 Å². The van der Waals surface area contributed by atoms with Crippen LogP contribution in [-0.2, 0) is 6.42 Å². The molecule has 0 aliphatic heterocycles. The maximum absolute atomic E-state index is 5.79. The second-order valence-electron chi connectivity index (χ2n) is 3.16. The number of hydrogen-bond donors (Lipinski definition) is 1. The third-order valence-electron chi connectivity index (χ3n) is 1.79. The minimum Gasteiger partial charge on any atom is -0.383 e. The summed E-state index contributed by atoms with van der Waals surface area (Å²) in [6.45, 7) is 5.82. The van der Waals surface area contributed by atoms with Gasteiger partial charge in [0.2, 0.25) is 0 Å². The van der Waals surface area contributed by atoms with Gasteiger partial charge >= 0.3 is 0 Å². The van der Waals surface area contributed by atoms with Gasteiger partial charge in [-0.1, -0.05) is 17.2 Å². The van der Waals surface area contributed by atoms with E-state index >= 15 is 0 Å². The van der Waals surface area contributed by atoms with Crippen LogP contribution in [0.4, 0.5) is 5.82 Å². The number of nitrogens with two attached hydrogens (primary N) is 1. The van der Waals surface area contributed by atoms with Gasteiger partial charge in [0.05, 0.1) is 5.02 Å². The Kier molecular flexibility index (Phi) is 3.32. The van der Waals surface area contributed by atoms with E-state index in [2.05, 4.69) is 11.6 Å². The smallest absolute Gasteiger partial charge is 0.126 e. The minimum absolute atomic E-state index is 0.561. The van der Waals surface area contributed by atoms with E-state index in [9.17, 15) is 0 Å². The summed E-state index contributed by atoms with van der Waals surface area (Å²) in [6.07, 6.45) is 3.34. The van der Waals surface area contributed by atoms with Crippen LogP contribution < -0.4 is 5.73 Å². The van der Waals surface area contributed by atoms with Gasteiger partial charge in [0, 0.05) is 6.20 Å². The highest BCUT2D eigenvalue weighted by Crippen LogP contribution is 2.17. The molecule has 0 amide bonds. The van der Waals surface area contributed by atoms with Gasteiger partial charge in [-0.3, -0.25) is 0 Å². The third kappa shape index (κ3) is 3.07. The molecule has 3 heteroatoms. The zero-order valence-electron chi connectivity index (χ0n) is 7.68. The lowest BCUT2D eigenvalue weighted by Gasteiger charge is -2.04. The Bertz CT molecular complexity index is 321. The number of aryl methyl sites for hydroxylation is 1. The van der Waals surface area contributed by atoms with Crippen molar-refractivity contribution in [3.8, 4) is 0 Å². The zero-order valence-corrected chi connectivity index (χ0v) is 8.43. The zero-order chi connectivity index (χ0) is 9.84. The Balaban J connectivity index is 2.75. The summed E-state index contributed by atoms with van der Waals surface area (Å²) in [5.74, 6) is 0.561. The molecular formula is C10H13ClN2. The van der Waals surface area contributed by atoms with Gasteiger partial charge in [-0.05, 0) is 31.4 Å². The monoisotopic (exact) mass is 196 g/mol. The molecule has 0 unspecified atom stereocenters. The van der Waals surface area contributed by atoms with Gasteiger partial charge in [-0.25, -0.2) is 4.98 Å². The molecular weight excluding hydrogens is 184 g/mol. The van der Waals surface area contributed by atoms with Crippen LogP contribution in [0.2, 0.25) is 5.02 Å². The van der Waals surface area contributed by atoms with Crippen molar-refractivity contribution >= 4 is 17.4 Å². The second kappa shape index (κ2) is 4.28. The molecule has 0 aliphatic carbocycles. The quantitative estimate of drug-likeness (QED) is 0.756. The number of nitrogen functional groups attached to an aromatic ring is 1. The van der Waals surface area contributed by atoms with Gasteiger partial charge in [0.15, 0.2) is 0 Å². The standard InChI is InChI=1S/C10H13ClN2/c1-7(2)3-4-8-5-9(11)6-13-10(8)12/h5-6H,1,3-4H2,2H3,(H2,12,13). The van der Waals surface area contributed by atoms with E-state index in [1.54, 1.807) is 6.20 Å². The molecule has 0 aromatic carbocycles. The minimum atomic E-state index is 0.561. The third-order valence-corrected chi connectivity index (χ3v) is 2.00. The predicted octanol–water partition coefficient (Wildman–Crippen LogP) is 2.83. The van der Waals surface area contributed by atoms with Gasteiger partial charge in [-0.15, -0.1) is 6.58 Å². The Hall–Kier alpha value is -1.02. The average molecular weight is 197 g/mol. The largest absolute Gasteiger partial charge is 0.383 e. The first-order valence-corrected chi connectivity index (χ1v) is 4.51. The molecule has 13 heavy (non-hydrogen) atoms. The van der Waals surface area contributed by atoms with Crippen molar-refractivity contribution in [2.24, 2.45) is 0 Å². The summed E-state index contributed by atoms with van der Waals surface area (Å²) >= 11 is 5.79. The molecule has 0 fully saturated rings. The van der Waals surface area contributed by atoms with Gasteiger partial charge in [-0.2, -0.15) is 0 Å². The number of hydrogen-bond acceptors (Lipinski definition) is 2. The Morgan fingerprint density at radius 3 is 3.00 bits per heavy atom. The van der Waals surface area contributed by atoms with Crippen LogP contribution >= 0.6 is 11.6 Å². The average Bonchev–Trinajstić information content (AvgIpc) is 2.06. The number of pyridine rings is 1. The van der Waals surface area contributed by atoms with E-state index in [0.717, 1.165) is 24.0 Å². The predicted molar refractivity (Wildman–Crippen MR) is 56.8 cm³/mol. The highest BCUT2D eigenvalue weighted by atomic mass is 35.5. The topological polar surface area (TPSA) is 38.9 Å². The van der Waals surface area contributed by atoms with Crippen LogP contribution in [0.1, 0.15) is 18.9 Å². The first-order chi connectivity index (χ1) is 6.09. The second-order valence-corrected chi connectivity index (χ2v) is 3.59. The van der Waals surface area contributed by atoms with Crippen LogP contribution in [-0.4, -0.2) is 4.98 Å². The molecule has 2 N–H and O–H groups in total. The summed E-state index contributed by atoms with van der Waals surface area (Å²) < 4.78 is 0. The van der Waals surface area contributed by atoms with Crippen molar-refractivity contribution in [3.05, 3.63) is 35.0 Å². The van der Waals surface area contributed by atoms with E-state index in [0.29, 0.717) is 10.8 Å². The molecule has 0 saturated heterocycles. The molecule has 0 aliphatic rings. The summed E-state index contributed by atoms with van der Waals surface area (Å²) in [6, 6.07) is 1.85. The Labute approximate surface area is 83.4 Å². The molecule has 1 heterocycles. The number of rotatable bonds is 3. The molecule has 0 bridgehead atoms. The van der Waals surface area contributed by atoms with Crippen molar-refractivity contribution in [3.63, 3.8) is 0 Å². The van der Waals surface area contributed by atoms with Gasteiger partial charge in [0.25, 0.3) is 0 Å². The van der Waals surface area contributed by atoms with E-state index in [1.807, 2.05) is 13.0 Å². The molecule has 0 saturated carbocycles. The maximum Gasteiger partial charge on any atom is 0.126 e. The highest BCUT2D eigenvalue weighted by molar-refractivity contribution is 6.30. The lowest BCUT2D eigenvalue weighted by Crippen LogP contribution is -1.97. The van der Waals surface area contributed by atoms with E-state index in [1.165, 1.54) is 0 Å². The first-order valence-electron chi connectivity index (χ1n) is 4.14. The normalized spacial score (nSPS) is 10.0. The van der Waals surface area contributed by atoms with Crippen molar-refractivity contribution in [2.45, 2.75) is 19.8 Å². The number of allylic oxidation sites excluding steroid dienone is 1. The molecule has 0 spiro atoms. The number of nitrogens with zero attached hydrogens (tertiary/aromatic N) is 1. The van der Waals surface area contributed by atoms with Crippen LogP contribution in [0.5, 0.6) is 0 Å². The van der Waals surface area contributed by atoms with E-state index in [4.69, 9.17) is 17.3 Å². The summed E-state index contributed by atoms with van der Waals surface area (Å²) in [5, 5.41) is 0.630. The number of halogens is 1. The van der Waals surface area contributed by atoms with Crippen molar-refractivity contribution in [2.75, 3.05) is 5.73 Å². The molecule has 1 aromatic heterocycles. The van der Waals surface area contributed by atoms with Gasteiger partial charge < -0.3 is 5.73 Å². The SMILES string of the molecule is C=C(C)CCc1cc(Cl)cnc1N. The van der Waals surface area contributed by atoms with E-state index in [-0.39, 0.29) is 0 Å². The molecule has 2 nitrogen and oxygen atoms in total. The van der Waals surface area contributed by atoms with Crippen LogP contribution in [0.15, 0.2) is 24.4 Å². The van der Waals surface area contributed by atoms with Gasteiger partial charge in [0.1, 0.15) is 5.82 Å². The van der Waals surface area contributed by atoms with Crippen molar-refractivity contribution in [1.82, 2.24) is 4.98 Å². The summed E-state index contributed by atoms with van der Waals surface area (Å²) in [7, 11) is 0. The molecule has 0 radical (unpaired) electrons. The highest BCUT2D eigenvalue weighted by Gasteiger charge is 2.01. The fourth-order valence-electron chi connectivity index (χ4n) is 1.04. The number of anilines is 1. The fraction of sp³-hybridized carbons (Fsp3) is 0.300. The van der Waals surface area contributed by atoms with E-state index < -0.39 is 0 Å². The fourth-order valence-corrected chi connectivity index (χ4v) is 1.22. The van der Waals surface area contributed by atoms with Crippen LogP contribution in [0, 0.1) is 0 Å². The van der Waals surface area contributed by atoms with Crippen molar-refractivity contribution in [1.29, 1.82) is 0 Å². The number of aromatic nitrogens is 1. The molecule has 0 atom stereocenters. The Morgan fingerprint density at radius 1 is 1.69 bits per heavy atom. The molecule has 70 valence electrons. The molecule has 1 aromatic rings. The van der Waals surface area contributed by atoms with Crippen LogP contribution in [0.25, 0.3) is 0 Å².